The molecule has 16 heavy (non-hydrogen) atoms. The van der Waals surface area contributed by atoms with Crippen molar-refractivity contribution in [2.75, 3.05) is 5.32 Å². The quantitative estimate of drug-likeness (QED) is 0.922. The van der Waals surface area contributed by atoms with Gasteiger partial charge in [-0.1, -0.05) is 11.6 Å². The van der Waals surface area contributed by atoms with Gasteiger partial charge in [-0.3, -0.25) is 4.98 Å². The normalized spacial score (nSPS) is 10.1. The van der Waals surface area contributed by atoms with Crippen molar-refractivity contribution >= 4 is 33.2 Å². The molecule has 1 heterocycles. The van der Waals surface area contributed by atoms with Crippen molar-refractivity contribution in [1.82, 2.24) is 4.98 Å². The second kappa shape index (κ2) is 5.32. The molecule has 1 N–H and O–H groups in total. The van der Waals surface area contributed by atoms with Crippen LogP contribution < -0.4 is 5.32 Å². The fraction of sp³-hybridized carbons (Fsp3) is 0.0833. The lowest BCUT2D eigenvalue weighted by Gasteiger charge is -2.05. The molecule has 0 saturated heterocycles. The molecule has 0 aliphatic heterocycles. The van der Waals surface area contributed by atoms with Gasteiger partial charge in [0.15, 0.2) is 0 Å². The molecular formula is C12H10BrClN2. The van der Waals surface area contributed by atoms with Crippen molar-refractivity contribution in [2.24, 2.45) is 0 Å². The number of hydrogen-bond donors (Lipinski definition) is 1. The molecule has 0 bridgehead atoms. The molecular weight excluding hydrogens is 288 g/mol. The van der Waals surface area contributed by atoms with Gasteiger partial charge in [-0.05, 0) is 52.3 Å². The number of nitrogens with zero attached hydrogens (tertiary/aromatic N) is 1. The topological polar surface area (TPSA) is 24.9 Å². The van der Waals surface area contributed by atoms with Crippen LogP contribution in [0.5, 0.6) is 0 Å². The number of halogens is 2. The molecule has 2 aromatic rings. The van der Waals surface area contributed by atoms with Crippen molar-refractivity contribution in [3.63, 3.8) is 0 Å². The Bertz CT molecular complexity index is 408. The number of benzene rings is 1. The molecule has 4 heteroatoms. The summed E-state index contributed by atoms with van der Waals surface area (Å²) in [6.45, 7) is 0.703. The van der Waals surface area contributed by atoms with E-state index < -0.39 is 0 Å². The number of anilines is 1. The number of rotatable bonds is 3. The van der Waals surface area contributed by atoms with Crippen LogP contribution in [0.25, 0.3) is 0 Å². The third-order valence-electron chi connectivity index (χ3n) is 2.11. The van der Waals surface area contributed by atoms with Crippen molar-refractivity contribution in [3.05, 3.63) is 57.8 Å². The second-order valence-electron chi connectivity index (χ2n) is 3.33. The van der Waals surface area contributed by atoms with Crippen LogP contribution in [0.4, 0.5) is 5.69 Å². The van der Waals surface area contributed by atoms with Gasteiger partial charge in [-0.15, -0.1) is 0 Å². The lowest BCUT2D eigenvalue weighted by Crippen LogP contribution is -2.00. The zero-order valence-electron chi connectivity index (χ0n) is 8.45. The third-order valence-corrected chi connectivity index (χ3v) is 2.83. The van der Waals surface area contributed by atoms with Gasteiger partial charge in [0.05, 0.1) is 12.2 Å². The summed E-state index contributed by atoms with van der Waals surface area (Å²) in [4.78, 5) is 4.28. The van der Waals surface area contributed by atoms with Gasteiger partial charge in [0, 0.05) is 21.4 Å². The molecule has 2 nitrogen and oxygen atoms in total. The minimum absolute atomic E-state index is 0.703. The van der Waals surface area contributed by atoms with Gasteiger partial charge in [0.25, 0.3) is 0 Å². The largest absolute Gasteiger partial charge is 0.379 e. The summed E-state index contributed by atoms with van der Waals surface area (Å²) in [7, 11) is 0. The lowest BCUT2D eigenvalue weighted by atomic mass is 10.3. The number of hydrogen-bond acceptors (Lipinski definition) is 2. The molecule has 2 rings (SSSR count). The SMILES string of the molecule is Clc1ccc(NCc2ccc(Br)cn2)cc1. The lowest BCUT2D eigenvalue weighted by molar-refractivity contribution is 1.04. The van der Waals surface area contributed by atoms with E-state index in [0.29, 0.717) is 6.54 Å². The van der Waals surface area contributed by atoms with Crippen LogP contribution in [-0.4, -0.2) is 4.98 Å². The van der Waals surface area contributed by atoms with Gasteiger partial charge >= 0.3 is 0 Å². The van der Waals surface area contributed by atoms with E-state index in [-0.39, 0.29) is 0 Å². The average Bonchev–Trinajstić information content (AvgIpc) is 2.30. The maximum absolute atomic E-state index is 5.80. The van der Waals surface area contributed by atoms with Crippen LogP contribution in [0, 0.1) is 0 Å². The summed E-state index contributed by atoms with van der Waals surface area (Å²) in [6, 6.07) is 11.6. The molecule has 1 aromatic heterocycles. The number of pyridine rings is 1. The molecule has 0 saturated carbocycles. The van der Waals surface area contributed by atoms with Crippen LogP contribution in [0.2, 0.25) is 5.02 Å². The Morgan fingerprint density at radius 2 is 1.88 bits per heavy atom. The maximum Gasteiger partial charge on any atom is 0.0595 e. The number of aromatic nitrogens is 1. The fourth-order valence-corrected chi connectivity index (χ4v) is 1.63. The molecule has 0 unspecified atom stereocenters. The predicted octanol–water partition coefficient (Wildman–Crippen LogP) is 4.11. The molecule has 82 valence electrons. The first-order valence-corrected chi connectivity index (χ1v) is 6.01. The molecule has 0 fully saturated rings. The highest BCUT2D eigenvalue weighted by atomic mass is 79.9. The smallest absolute Gasteiger partial charge is 0.0595 e. The molecule has 0 radical (unpaired) electrons. The Morgan fingerprint density at radius 3 is 2.50 bits per heavy atom. The summed E-state index contributed by atoms with van der Waals surface area (Å²) >= 11 is 9.15. The molecule has 1 aromatic carbocycles. The highest BCUT2D eigenvalue weighted by molar-refractivity contribution is 9.10. The van der Waals surface area contributed by atoms with Gasteiger partial charge in [-0.25, -0.2) is 0 Å². The highest BCUT2D eigenvalue weighted by Gasteiger charge is 1.95. The van der Waals surface area contributed by atoms with Gasteiger partial charge in [0.1, 0.15) is 0 Å². The summed E-state index contributed by atoms with van der Waals surface area (Å²) in [5.74, 6) is 0. The van der Waals surface area contributed by atoms with Crippen molar-refractivity contribution in [2.45, 2.75) is 6.54 Å². The molecule has 0 aliphatic carbocycles. The van der Waals surface area contributed by atoms with Crippen LogP contribution in [-0.2, 0) is 6.54 Å². The Hall–Kier alpha value is -1.06. The van der Waals surface area contributed by atoms with Crippen LogP contribution in [0.3, 0.4) is 0 Å². The van der Waals surface area contributed by atoms with Crippen LogP contribution in [0.1, 0.15) is 5.69 Å². The summed E-state index contributed by atoms with van der Waals surface area (Å²) in [6.07, 6.45) is 1.79. The van der Waals surface area contributed by atoms with Crippen molar-refractivity contribution < 1.29 is 0 Å². The minimum atomic E-state index is 0.703. The fourth-order valence-electron chi connectivity index (χ4n) is 1.27. The summed E-state index contributed by atoms with van der Waals surface area (Å²) in [5, 5.41) is 4.01. The van der Waals surface area contributed by atoms with E-state index in [4.69, 9.17) is 11.6 Å². The average molecular weight is 298 g/mol. The Labute approximate surface area is 108 Å². The number of nitrogens with one attached hydrogen (secondary N) is 1. The van der Waals surface area contributed by atoms with E-state index in [1.165, 1.54) is 0 Å². The Kier molecular flexibility index (Phi) is 3.80. The zero-order valence-corrected chi connectivity index (χ0v) is 10.8. The van der Waals surface area contributed by atoms with Gasteiger partial charge in [-0.2, -0.15) is 0 Å². The zero-order chi connectivity index (χ0) is 11.4. The van der Waals surface area contributed by atoms with Crippen LogP contribution >= 0.6 is 27.5 Å². The monoisotopic (exact) mass is 296 g/mol. The van der Waals surface area contributed by atoms with Crippen LogP contribution in [0.15, 0.2) is 47.1 Å². The maximum atomic E-state index is 5.80. The Morgan fingerprint density at radius 1 is 1.12 bits per heavy atom. The first kappa shape index (κ1) is 11.4. The molecule has 0 atom stereocenters. The predicted molar refractivity (Wildman–Crippen MR) is 70.7 cm³/mol. The summed E-state index contributed by atoms with van der Waals surface area (Å²) in [5.41, 5.74) is 2.03. The first-order valence-electron chi connectivity index (χ1n) is 4.84. The van der Waals surface area contributed by atoms with Crippen molar-refractivity contribution in [3.8, 4) is 0 Å². The molecule has 0 spiro atoms. The van der Waals surface area contributed by atoms with E-state index in [0.717, 1.165) is 20.9 Å². The molecule has 0 aliphatic rings. The van der Waals surface area contributed by atoms with Gasteiger partial charge in [0.2, 0.25) is 0 Å². The van der Waals surface area contributed by atoms with E-state index in [9.17, 15) is 0 Å². The van der Waals surface area contributed by atoms with E-state index in [2.05, 4.69) is 26.2 Å². The first-order chi connectivity index (χ1) is 7.74. The summed E-state index contributed by atoms with van der Waals surface area (Å²) < 4.78 is 0.989. The molecule has 0 amide bonds. The highest BCUT2D eigenvalue weighted by Crippen LogP contribution is 2.14. The third kappa shape index (κ3) is 3.22. The Balaban J connectivity index is 1.97. The standard InChI is InChI=1S/C12H10BrClN2/c13-9-1-4-12(15-7-9)8-16-11-5-2-10(14)3-6-11/h1-7,16H,8H2. The van der Waals surface area contributed by atoms with E-state index in [1.54, 1.807) is 6.20 Å². The van der Waals surface area contributed by atoms with E-state index >= 15 is 0 Å². The van der Waals surface area contributed by atoms with Gasteiger partial charge < -0.3 is 5.32 Å². The van der Waals surface area contributed by atoms with Crippen molar-refractivity contribution in [1.29, 1.82) is 0 Å². The second-order valence-corrected chi connectivity index (χ2v) is 4.68. The minimum Gasteiger partial charge on any atom is -0.379 e. The van der Waals surface area contributed by atoms with E-state index in [1.807, 2.05) is 36.4 Å².